The Hall–Kier alpha value is -2.11. The Morgan fingerprint density at radius 1 is 1.38 bits per heavy atom. The molecule has 6 heteroatoms. The number of carbonyl (C=O) groups is 2. The van der Waals surface area contributed by atoms with Crippen molar-refractivity contribution in [2.45, 2.75) is 31.8 Å². The molecule has 0 radical (unpaired) electrons. The highest BCUT2D eigenvalue weighted by molar-refractivity contribution is 5.90. The van der Waals surface area contributed by atoms with Crippen LogP contribution in [0.1, 0.15) is 24.8 Å². The maximum atomic E-state index is 12.6. The van der Waals surface area contributed by atoms with Crippen LogP contribution in [0.25, 0.3) is 0 Å². The van der Waals surface area contributed by atoms with Crippen molar-refractivity contribution in [1.29, 1.82) is 0 Å². The predicted molar refractivity (Wildman–Crippen MR) is 75.5 cm³/mol. The number of amides is 2. The lowest BCUT2D eigenvalue weighted by molar-refractivity contribution is -0.134. The Kier molecular flexibility index (Phi) is 3.77. The van der Waals surface area contributed by atoms with Crippen LogP contribution in [0.2, 0.25) is 0 Å². The third-order valence-corrected chi connectivity index (χ3v) is 3.98. The second-order valence-corrected chi connectivity index (χ2v) is 5.60. The molecule has 6 nitrogen and oxygen atoms in total. The zero-order valence-corrected chi connectivity index (χ0v) is 12.0. The minimum atomic E-state index is -0.341. The zero-order valence-electron chi connectivity index (χ0n) is 12.0. The summed E-state index contributed by atoms with van der Waals surface area (Å²) in [5, 5.41) is 2.86. The topological polar surface area (TPSA) is 71.5 Å². The first-order valence-electron chi connectivity index (χ1n) is 7.24. The van der Waals surface area contributed by atoms with Gasteiger partial charge in [-0.1, -0.05) is 6.07 Å². The Balaban J connectivity index is 1.72. The van der Waals surface area contributed by atoms with E-state index in [0.29, 0.717) is 31.3 Å². The van der Waals surface area contributed by atoms with Gasteiger partial charge in [-0.05, 0) is 24.3 Å². The molecule has 0 bridgehead atoms. The molecule has 2 aliphatic rings. The van der Waals surface area contributed by atoms with E-state index in [4.69, 9.17) is 4.74 Å². The summed E-state index contributed by atoms with van der Waals surface area (Å²) < 4.78 is 5.02. The molecule has 3 rings (SSSR count). The minimum Gasteiger partial charge on any atom is -0.481 e. The van der Waals surface area contributed by atoms with Gasteiger partial charge >= 0.3 is 0 Å². The molecule has 1 saturated carbocycles. The van der Waals surface area contributed by atoms with E-state index < -0.39 is 0 Å². The van der Waals surface area contributed by atoms with Crippen LogP contribution in [0, 0.1) is 5.92 Å². The number of rotatable bonds is 4. The van der Waals surface area contributed by atoms with Crippen LogP contribution < -0.4 is 10.1 Å². The van der Waals surface area contributed by atoms with Gasteiger partial charge in [0, 0.05) is 31.8 Å². The lowest BCUT2D eigenvalue weighted by Crippen LogP contribution is -2.45. The first kappa shape index (κ1) is 13.9. The minimum absolute atomic E-state index is 0.0270. The Morgan fingerprint density at radius 2 is 2.19 bits per heavy atom. The molecule has 1 unspecified atom stereocenters. The molecule has 2 heterocycles. The summed E-state index contributed by atoms with van der Waals surface area (Å²) in [5.74, 6) is 0.861. The first-order chi connectivity index (χ1) is 10.2. The van der Waals surface area contributed by atoms with Crippen LogP contribution >= 0.6 is 0 Å². The maximum absolute atomic E-state index is 12.6. The zero-order chi connectivity index (χ0) is 14.8. The molecule has 1 aromatic rings. The van der Waals surface area contributed by atoms with Gasteiger partial charge in [0.1, 0.15) is 6.04 Å². The molecular weight excluding hydrogens is 270 g/mol. The quantitative estimate of drug-likeness (QED) is 0.886. The summed E-state index contributed by atoms with van der Waals surface area (Å²) in [4.78, 5) is 30.2. The molecule has 1 atom stereocenters. The molecule has 1 N–H and O–H groups in total. The lowest BCUT2D eigenvalue weighted by atomic mass is 10.1. The summed E-state index contributed by atoms with van der Waals surface area (Å²) in [5.41, 5.74) is 0.938. The smallest absolute Gasteiger partial charge is 0.245 e. The van der Waals surface area contributed by atoms with E-state index in [1.54, 1.807) is 24.3 Å². The SMILES string of the molecule is COc1ccc(CN2CCC(=O)NC(C3CC3)C2=O)cn1. The van der Waals surface area contributed by atoms with Gasteiger partial charge in [-0.2, -0.15) is 0 Å². The highest BCUT2D eigenvalue weighted by atomic mass is 16.5. The molecule has 0 spiro atoms. The van der Waals surface area contributed by atoms with Crippen LogP contribution in [-0.4, -0.2) is 41.4 Å². The average Bonchev–Trinajstić information content (AvgIpc) is 3.33. The van der Waals surface area contributed by atoms with Crippen LogP contribution in [0.4, 0.5) is 0 Å². The van der Waals surface area contributed by atoms with Crippen molar-refractivity contribution < 1.29 is 14.3 Å². The molecule has 21 heavy (non-hydrogen) atoms. The van der Waals surface area contributed by atoms with E-state index in [1.165, 1.54) is 0 Å². The molecule has 1 aromatic heterocycles. The molecule has 2 amide bonds. The third kappa shape index (κ3) is 3.15. The number of hydrogen-bond acceptors (Lipinski definition) is 4. The van der Waals surface area contributed by atoms with E-state index in [9.17, 15) is 9.59 Å². The number of aromatic nitrogens is 1. The molecule has 112 valence electrons. The molecule has 1 saturated heterocycles. The van der Waals surface area contributed by atoms with Crippen molar-refractivity contribution in [3.8, 4) is 5.88 Å². The fourth-order valence-corrected chi connectivity index (χ4v) is 2.60. The highest BCUT2D eigenvalue weighted by Gasteiger charge is 2.40. The van der Waals surface area contributed by atoms with Crippen LogP contribution in [-0.2, 0) is 16.1 Å². The Labute approximate surface area is 123 Å². The second-order valence-electron chi connectivity index (χ2n) is 5.60. The van der Waals surface area contributed by atoms with Crippen molar-refractivity contribution in [3.05, 3.63) is 23.9 Å². The van der Waals surface area contributed by atoms with Crippen molar-refractivity contribution in [1.82, 2.24) is 15.2 Å². The number of carbonyl (C=O) groups excluding carboxylic acids is 2. The van der Waals surface area contributed by atoms with E-state index >= 15 is 0 Å². The highest BCUT2D eigenvalue weighted by Crippen LogP contribution is 2.34. The standard InChI is InChI=1S/C15H19N3O3/c1-21-13-5-2-10(8-16-13)9-18-7-6-12(19)17-14(15(18)20)11-3-4-11/h2,5,8,11,14H,3-4,6-7,9H2,1H3,(H,17,19). The predicted octanol–water partition coefficient (Wildman–Crippen LogP) is 0.717. The van der Waals surface area contributed by atoms with Crippen molar-refractivity contribution in [2.75, 3.05) is 13.7 Å². The molecule has 1 aliphatic carbocycles. The van der Waals surface area contributed by atoms with Crippen molar-refractivity contribution >= 4 is 11.8 Å². The monoisotopic (exact) mass is 289 g/mol. The Morgan fingerprint density at radius 3 is 2.81 bits per heavy atom. The van der Waals surface area contributed by atoms with E-state index in [2.05, 4.69) is 10.3 Å². The van der Waals surface area contributed by atoms with E-state index in [1.807, 2.05) is 6.07 Å². The number of ether oxygens (including phenoxy) is 1. The normalized spacial score (nSPS) is 22.7. The second kappa shape index (κ2) is 5.71. The molecular formula is C15H19N3O3. The summed E-state index contributed by atoms with van der Waals surface area (Å²) >= 11 is 0. The largest absolute Gasteiger partial charge is 0.481 e. The van der Waals surface area contributed by atoms with Crippen LogP contribution in [0.15, 0.2) is 18.3 Å². The van der Waals surface area contributed by atoms with Crippen LogP contribution in [0.5, 0.6) is 5.88 Å². The number of nitrogens with one attached hydrogen (secondary N) is 1. The van der Waals surface area contributed by atoms with E-state index in [-0.39, 0.29) is 17.9 Å². The summed E-state index contributed by atoms with van der Waals surface area (Å²) in [6.45, 7) is 0.938. The number of nitrogens with zero attached hydrogens (tertiary/aromatic N) is 2. The summed E-state index contributed by atoms with van der Waals surface area (Å²) in [6, 6.07) is 3.33. The van der Waals surface area contributed by atoms with Gasteiger partial charge in [0.15, 0.2) is 0 Å². The molecule has 1 aliphatic heterocycles. The fourth-order valence-electron chi connectivity index (χ4n) is 2.60. The maximum Gasteiger partial charge on any atom is 0.245 e. The van der Waals surface area contributed by atoms with Gasteiger partial charge in [-0.3, -0.25) is 9.59 Å². The summed E-state index contributed by atoms with van der Waals surface area (Å²) in [6.07, 6.45) is 4.11. The van der Waals surface area contributed by atoms with Gasteiger partial charge in [-0.15, -0.1) is 0 Å². The average molecular weight is 289 g/mol. The van der Waals surface area contributed by atoms with Gasteiger partial charge in [-0.25, -0.2) is 4.98 Å². The molecule has 0 aromatic carbocycles. The van der Waals surface area contributed by atoms with Gasteiger partial charge in [0.25, 0.3) is 0 Å². The number of methoxy groups -OCH3 is 1. The van der Waals surface area contributed by atoms with Crippen molar-refractivity contribution in [3.63, 3.8) is 0 Å². The van der Waals surface area contributed by atoms with E-state index in [0.717, 1.165) is 18.4 Å². The van der Waals surface area contributed by atoms with Crippen LogP contribution in [0.3, 0.4) is 0 Å². The molecule has 2 fully saturated rings. The van der Waals surface area contributed by atoms with Gasteiger partial charge in [0.2, 0.25) is 17.7 Å². The Bertz CT molecular complexity index is 540. The van der Waals surface area contributed by atoms with Gasteiger partial charge < -0.3 is 15.0 Å². The fraction of sp³-hybridized carbons (Fsp3) is 0.533. The van der Waals surface area contributed by atoms with Gasteiger partial charge in [0.05, 0.1) is 7.11 Å². The lowest BCUT2D eigenvalue weighted by Gasteiger charge is -2.24. The first-order valence-corrected chi connectivity index (χ1v) is 7.24. The summed E-state index contributed by atoms with van der Waals surface area (Å²) in [7, 11) is 1.57. The number of hydrogen-bond donors (Lipinski definition) is 1. The van der Waals surface area contributed by atoms with Crippen molar-refractivity contribution in [2.24, 2.45) is 5.92 Å². The third-order valence-electron chi connectivity index (χ3n) is 3.98. The number of pyridine rings is 1.